The molecule has 1 aliphatic heterocycles. The number of rotatable bonds is 4. The molecular formula is C25H18BrClN2O3. The molecular weight excluding hydrogens is 492 g/mol. The summed E-state index contributed by atoms with van der Waals surface area (Å²) in [5, 5.41) is 2.74. The monoisotopic (exact) mass is 508 g/mol. The molecule has 4 rings (SSSR count). The van der Waals surface area contributed by atoms with Gasteiger partial charge in [-0.3, -0.25) is 14.9 Å². The Morgan fingerprint density at radius 3 is 2.44 bits per heavy atom. The van der Waals surface area contributed by atoms with Gasteiger partial charge in [0.05, 0.1) is 5.69 Å². The van der Waals surface area contributed by atoms with E-state index in [4.69, 9.17) is 11.6 Å². The summed E-state index contributed by atoms with van der Waals surface area (Å²) < 4.78 is 0.955. The van der Waals surface area contributed by atoms with Crippen molar-refractivity contribution < 1.29 is 14.4 Å². The standard InChI is InChI=1S/C25H18BrClN2O3/c1-15-6-2-5-9-22(15)29-24(31)20(23(30)28-25(29)32)14-18-13-19(27)11-10-16(18)12-17-7-3-4-8-21(17)26/h2-11,13-14H,12H2,1H3,(H,28,30,32)/b20-14+. The average Bonchev–Trinajstić information content (AvgIpc) is 2.75. The van der Waals surface area contributed by atoms with Crippen molar-refractivity contribution in [3.8, 4) is 0 Å². The highest BCUT2D eigenvalue weighted by molar-refractivity contribution is 9.10. The van der Waals surface area contributed by atoms with E-state index in [0.29, 0.717) is 22.7 Å². The number of benzene rings is 3. The quantitative estimate of drug-likeness (QED) is 0.364. The number of imide groups is 2. The van der Waals surface area contributed by atoms with Gasteiger partial charge in [-0.25, -0.2) is 9.69 Å². The zero-order valence-corrected chi connectivity index (χ0v) is 19.4. The third kappa shape index (κ3) is 4.38. The number of carbonyl (C=O) groups excluding carboxylic acids is 3. The highest BCUT2D eigenvalue weighted by Gasteiger charge is 2.37. The van der Waals surface area contributed by atoms with Crippen molar-refractivity contribution in [2.75, 3.05) is 4.90 Å². The second-order valence-electron chi connectivity index (χ2n) is 7.36. The number of urea groups is 1. The largest absolute Gasteiger partial charge is 0.335 e. The fraction of sp³-hybridized carbons (Fsp3) is 0.0800. The van der Waals surface area contributed by atoms with Gasteiger partial charge < -0.3 is 0 Å². The molecule has 4 amide bonds. The molecule has 0 atom stereocenters. The maximum atomic E-state index is 13.2. The van der Waals surface area contributed by atoms with Crippen molar-refractivity contribution in [1.29, 1.82) is 0 Å². The molecule has 5 nitrogen and oxygen atoms in total. The van der Waals surface area contributed by atoms with Gasteiger partial charge in [-0.15, -0.1) is 0 Å². The Morgan fingerprint density at radius 1 is 0.969 bits per heavy atom. The van der Waals surface area contributed by atoms with Crippen LogP contribution in [0, 0.1) is 6.92 Å². The average molecular weight is 510 g/mol. The van der Waals surface area contributed by atoms with E-state index >= 15 is 0 Å². The number of halogens is 2. The first-order chi connectivity index (χ1) is 15.3. The van der Waals surface area contributed by atoms with Crippen LogP contribution in [0.2, 0.25) is 5.02 Å². The predicted octanol–water partition coefficient (Wildman–Crippen LogP) is 5.67. The van der Waals surface area contributed by atoms with Gasteiger partial charge in [0.15, 0.2) is 0 Å². The van der Waals surface area contributed by atoms with Crippen molar-refractivity contribution in [3.05, 3.63) is 104 Å². The van der Waals surface area contributed by atoms with E-state index in [1.165, 1.54) is 6.08 Å². The summed E-state index contributed by atoms with van der Waals surface area (Å²) in [5.74, 6) is -1.42. The zero-order valence-electron chi connectivity index (χ0n) is 17.1. The number of para-hydroxylation sites is 1. The first kappa shape index (κ1) is 22.0. The summed E-state index contributed by atoms with van der Waals surface area (Å²) in [6.07, 6.45) is 2.06. The Morgan fingerprint density at radius 2 is 1.69 bits per heavy atom. The van der Waals surface area contributed by atoms with E-state index in [9.17, 15) is 14.4 Å². The SMILES string of the molecule is Cc1ccccc1N1C(=O)NC(=O)/C(=C\c2cc(Cl)ccc2Cc2ccccc2Br)C1=O. The summed E-state index contributed by atoms with van der Waals surface area (Å²) in [7, 11) is 0. The molecule has 32 heavy (non-hydrogen) atoms. The molecule has 1 N–H and O–H groups in total. The van der Waals surface area contributed by atoms with E-state index in [2.05, 4.69) is 21.2 Å². The molecule has 160 valence electrons. The maximum absolute atomic E-state index is 13.2. The number of amides is 4. The lowest BCUT2D eigenvalue weighted by molar-refractivity contribution is -0.122. The van der Waals surface area contributed by atoms with Gasteiger partial charge in [-0.2, -0.15) is 0 Å². The van der Waals surface area contributed by atoms with E-state index in [-0.39, 0.29) is 5.57 Å². The van der Waals surface area contributed by atoms with Gasteiger partial charge in [0.1, 0.15) is 5.57 Å². The molecule has 0 unspecified atom stereocenters. The molecule has 3 aromatic rings. The Labute approximate surface area is 198 Å². The number of nitrogens with zero attached hydrogens (tertiary/aromatic N) is 1. The number of barbiturate groups is 1. The highest BCUT2D eigenvalue weighted by atomic mass is 79.9. The van der Waals surface area contributed by atoms with Crippen LogP contribution in [0.4, 0.5) is 10.5 Å². The molecule has 0 aliphatic carbocycles. The van der Waals surface area contributed by atoms with E-state index in [0.717, 1.165) is 26.1 Å². The minimum absolute atomic E-state index is 0.136. The first-order valence-corrected chi connectivity index (χ1v) is 11.0. The van der Waals surface area contributed by atoms with E-state index in [1.54, 1.807) is 37.3 Å². The highest BCUT2D eigenvalue weighted by Crippen LogP contribution is 2.28. The Hall–Kier alpha value is -3.22. The van der Waals surface area contributed by atoms with Crippen LogP contribution in [0.25, 0.3) is 6.08 Å². The third-order valence-electron chi connectivity index (χ3n) is 5.20. The number of carbonyl (C=O) groups is 3. The van der Waals surface area contributed by atoms with Crippen molar-refractivity contribution >= 4 is 57.1 Å². The fourth-order valence-corrected chi connectivity index (χ4v) is 4.16. The van der Waals surface area contributed by atoms with Crippen molar-refractivity contribution in [2.24, 2.45) is 0 Å². The first-order valence-electron chi connectivity index (χ1n) is 9.84. The molecule has 3 aromatic carbocycles. The zero-order chi connectivity index (χ0) is 22.8. The molecule has 1 aliphatic rings. The Bertz CT molecular complexity index is 1290. The van der Waals surface area contributed by atoms with Crippen molar-refractivity contribution in [3.63, 3.8) is 0 Å². The maximum Gasteiger partial charge on any atom is 0.335 e. The number of nitrogens with one attached hydrogen (secondary N) is 1. The van der Waals surface area contributed by atoms with Crippen LogP contribution in [0.3, 0.4) is 0 Å². The minimum atomic E-state index is -0.772. The number of aryl methyl sites for hydroxylation is 1. The molecule has 0 spiro atoms. The van der Waals surface area contributed by atoms with Crippen LogP contribution in [0.15, 0.2) is 76.8 Å². The fourth-order valence-electron chi connectivity index (χ4n) is 3.55. The molecule has 0 saturated carbocycles. The van der Waals surface area contributed by atoms with Crippen LogP contribution >= 0.6 is 27.5 Å². The van der Waals surface area contributed by atoms with Gasteiger partial charge in [0.25, 0.3) is 11.8 Å². The van der Waals surface area contributed by atoms with E-state index < -0.39 is 17.8 Å². The van der Waals surface area contributed by atoms with Gasteiger partial charge in [0.2, 0.25) is 0 Å². The minimum Gasteiger partial charge on any atom is -0.273 e. The van der Waals surface area contributed by atoms with Crippen LogP contribution in [-0.4, -0.2) is 17.8 Å². The van der Waals surface area contributed by atoms with Crippen LogP contribution in [-0.2, 0) is 16.0 Å². The molecule has 0 bridgehead atoms. The van der Waals surface area contributed by atoms with Gasteiger partial charge in [-0.05, 0) is 65.9 Å². The summed E-state index contributed by atoms with van der Waals surface area (Å²) in [6.45, 7) is 1.79. The van der Waals surface area contributed by atoms with Crippen molar-refractivity contribution in [1.82, 2.24) is 5.32 Å². The topological polar surface area (TPSA) is 66.5 Å². The lowest BCUT2D eigenvalue weighted by Gasteiger charge is -2.27. The Kier molecular flexibility index (Phi) is 6.26. The summed E-state index contributed by atoms with van der Waals surface area (Å²) >= 11 is 9.78. The summed E-state index contributed by atoms with van der Waals surface area (Å²) in [6, 6.07) is 19.4. The third-order valence-corrected chi connectivity index (χ3v) is 6.21. The second kappa shape index (κ2) is 9.10. The number of hydrogen-bond donors (Lipinski definition) is 1. The number of hydrogen-bond acceptors (Lipinski definition) is 3. The smallest absolute Gasteiger partial charge is 0.273 e. The Balaban J connectivity index is 1.77. The second-order valence-corrected chi connectivity index (χ2v) is 8.65. The van der Waals surface area contributed by atoms with Gasteiger partial charge >= 0.3 is 6.03 Å². The predicted molar refractivity (Wildman–Crippen MR) is 129 cm³/mol. The van der Waals surface area contributed by atoms with Gasteiger partial charge in [-0.1, -0.05) is 70.0 Å². The van der Waals surface area contributed by atoms with Crippen LogP contribution in [0.1, 0.15) is 22.3 Å². The molecule has 0 aromatic heterocycles. The molecule has 1 fully saturated rings. The molecule has 7 heteroatoms. The van der Waals surface area contributed by atoms with Crippen LogP contribution in [0.5, 0.6) is 0 Å². The van der Waals surface area contributed by atoms with Gasteiger partial charge in [0, 0.05) is 9.50 Å². The van der Waals surface area contributed by atoms with Crippen molar-refractivity contribution in [2.45, 2.75) is 13.3 Å². The number of anilines is 1. The molecule has 1 heterocycles. The summed E-state index contributed by atoms with van der Waals surface area (Å²) in [4.78, 5) is 39.3. The molecule has 0 radical (unpaired) electrons. The van der Waals surface area contributed by atoms with Crippen LogP contribution < -0.4 is 10.2 Å². The lowest BCUT2D eigenvalue weighted by atomic mass is 9.97. The van der Waals surface area contributed by atoms with E-state index in [1.807, 2.05) is 36.4 Å². The molecule has 1 saturated heterocycles. The summed E-state index contributed by atoms with van der Waals surface area (Å²) in [5.41, 5.74) is 3.59. The lowest BCUT2D eigenvalue weighted by Crippen LogP contribution is -2.54. The normalized spacial score (nSPS) is 15.3.